The summed E-state index contributed by atoms with van der Waals surface area (Å²) in [4.78, 5) is 15.0. The average molecular weight is 418 g/mol. The lowest BCUT2D eigenvalue weighted by molar-refractivity contribution is 0.0997. The van der Waals surface area contributed by atoms with E-state index in [0.29, 0.717) is 27.0 Å². The number of rotatable bonds is 6. The van der Waals surface area contributed by atoms with Crippen molar-refractivity contribution in [3.8, 4) is 11.8 Å². The van der Waals surface area contributed by atoms with E-state index in [1.165, 1.54) is 13.2 Å². The Labute approximate surface area is 166 Å². The van der Waals surface area contributed by atoms with E-state index in [4.69, 9.17) is 31.9 Å². The lowest BCUT2D eigenvalue weighted by Crippen LogP contribution is -2.26. The number of H-pyrrole nitrogens is 1. The molecule has 0 saturated carbocycles. The molecule has 0 radical (unpaired) electrons. The highest BCUT2D eigenvalue weighted by Crippen LogP contribution is 2.48. The summed E-state index contributed by atoms with van der Waals surface area (Å²) in [5.74, 6) is -0.402. The zero-order valence-corrected chi connectivity index (χ0v) is 16.8. The van der Waals surface area contributed by atoms with Gasteiger partial charge in [0.2, 0.25) is 0 Å². The van der Waals surface area contributed by atoms with Gasteiger partial charge >= 0.3 is 0 Å². The van der Waals surface area contributed by atoms with E-state index in [2.05, 4.69) is 4.98 Å². The maximum Gasteiger partial charge on any atom is 0.266 e. The fourth-order valence-electron chi connectivity index (χ4n) is 3.06. The minimum absolute atomic E-state index is 0.0107. The number of halogens is 1. The van der Waals surface area contributed by atoms with E-state index in [1.807, 2.05) is 6.07 Å². The van der Waals surface area contributed by atoms with Crippen LogP contribution in [0.2, 0.25) is 5.02 Å². The van der Waals surface area contributed by atoms with E-state index < -0.39 is 13.3 Å². The number of hydrogen-bond acceptors (Lipinski definition) is 5. The molecule has 3 N–H and O–H groups in total. The van der Waals surface area contributed by atoms with Crippen LogP contribution in [0.5, 0.6) is 5.75 Å². The van der Waals surface area contributed by atoms with Crippen LogP contribution in [0, 0.1) is 18.3 Å². The number of amides is 1. The summed E-state index contributed by atoms with van der Waals surface area (Å²) in [5, 5.41) is 10.1. The summed E-state index contributed by atoms with van der Waals surface area (Å²) in [6.45, 7) is 1.64. The number of carbonyl (C=O) groups is 1. The van der Waals surface area contributed by atoms with Crippen LogP contribution < -0.4 is 21.1 Å². The highest BCUT2D eigenvalue weighted by atomic mass is 35.5. The highest BCUT2D eigenvalue weighted by Gasteiger charge is 2.36. The molecule has 1 heterocycles. The normalized spacial score (nSPS) is 13.1. The largest absolute Gasteiger partial charge is 0.479 e. The van der Waals surface area contributed by atoms with Gasteiger partial charge in [-0.05, 0) is 48.9 Å². The molecule has 0 aliphatic heterocycles. The molecule has 0 aliphatic rings. The number of nitrogens with zero attached hydrogens (tertiary/aromatic N) is 1. The Kier molecular flexibility index (Phi) is 5.48. The second kappa shape index (κ2) is 7.69. The Bertz CT molecular complexity index is 1170. The third kappa shape index (κ3) is 3.50. The number of fused-ring (bicyclic) bond motifs is 1. The van der Waals surface area contributed by atoms with Crippen molar-refractivity contribution >= 4 is 46.4 Å². The first-order valence-corrected chi connectivity index (χ1v) is 10.2. The van der Waals surface area contributed by atoms with Crippen molar-refractivity contribution in [1.29, 1.82) is 5.26 Å². The Balaban J connectivity index is 2.31. The monoisotopic (exact) mass is 417 g/mol. The number of benzene rings is 2. The van der Waals surface area contributed by atoms with Gasteiger partial charge in [0.05, 0.1) is 5.30 Å². The summed E-state index contributed by atoms with van der Waals surface area (Å²) in [6.07, 6.45) is 0. The number of ether oxygens (including phenoxy) is 1. The number of nitrogens with two attached hydrogens (primary N) is 1. The quantitative estimate of drug-likeness (QED) is 0.598. The minimum atomic E-state index is -3.75. The van der Waals surface area contributed by atoms with E-state index in [-0.39, 0.29) is 17.6 Å². The second-order valence-corrected chi connectivity index (χ2v) is 8.96. The van der Waals surface area contributed by atoms with Crippen LogP contribution in [0.4, 0.5) is 0 Å². The molecule has 1 aromatic heterocycles. The molecule has 0 saturated heterocycles. The Morgan fingerprint density at radius 2 is 2.07 bits per heavy atom. The van der Waals surface area contributed by atoms with Crippen LogP contribution in [0.25, 0.3) is 10.9 Å². The smallest absolute Gasteiger partial charge is 0.266 e. The number of aromatic nitrogens is 1. The fourth-order valence-corrected chi connectivity index (χ4v) is 5.51. The van der Waals surface area contributed by atoms with Gasteiger partial charge in [-0.15, -0.1) is 0 Å². The molecule has 0 spiro atoms. The summed E-state index contributed by atoms with van der Waals surface area (Å²) < 4.78 is 24.9. The first-order valence-electron chi connectivity index (χ1n) is 8.19. The van der Waals surface area contributed by atoms with Gasteiger partial charge in [0, 0.05) is 28.3 Å². The maximum atomic E-state index is 14.1. The molecule has 2 aromatic carbocycles. The molecule has 3 rings (SSSR count). The van der Waals surface area contributed by atoms with Crippen molar-refractivity contribution in [2.24, 2.45) is 5.73 Å². The van der Waals surface area contributed by atoms with Crippen molar-refractivity contribution < 1.29 is 18.6 Å². The lowest BCUT2D eigenvalue weighted by atomic mass is 10.2. The standard InChI is InChI=1S/C19H17ClN3O4P/c1-11-7-13(27-6-5-21)10-14(8-11)28(25,26-2)18-15-9-12(20)3-4-16(15)23-17(18)19(22)24/h3-4,7-10,23H,6H2,1-2H3,(H2,22,24). The molecule has 0 aliphatic carbocycles. The fraction of sp³-hybridized carbons (Fsp3) is 0.158. The predicted molar refractivity (Wildman–Crippen MR) is 108 cm³/mol. The molecule has 144 valence electrons. The van der Waals surface area contributed by atoms with Crippen molar-refractivity contribution in [1.82, 2.24) is 4.98 Å². The number of primary amides is 1. The van der Waals surface area contributed by atoms with Gasteiger partial charge in [0.25, 0.3) is 13.3 Å². The van der Waals surface area contributed by atoms with E-state index in [0.717, 1.165) is 5.56 Å². The van der Waals surface area contributed by atoms with Crippen LogP contribution in [-0.2, 0) is 9.09 Å². The van der Waals surface area contributed by atoms with Gasteiger partial charge in [0.15, 0.2) is 6.61 Å². The molecular formula is C19H17ClN3O4P. The first-order chi connectivity index (χ1) is 13.3. The van der Waals surface area contributed by atoms with Crippen molar-refractivity contribution in [2.45, 2.75) is 6.92 Å². The van der Waals surface area contributed by atoms with Crippen LogP contribution in [0.15, 0.2) is 36.4 Å². The molecule has 1 atom stereocenters. The zero-order valence-electron chi connectivity index (χ0n) is 15.2. The Hall–Kier alpha value is -2.78. The Morgan fingerprint density at radius 3 is 2.71 bits per heavy atom. The molecule has 9 heteroatoms. The van der Waals surface area contributed by atoms with Crippen LogP contribution in [-0.4, -0.2) is 24.6 Å². The topological polar surface area (TPSA) is 118 Å². The van der Waals surface area contributed by atoms with Gasteiger partial charge in [0.1, 0.15) is 17.5 Å². The highest BCUT2D eigenvalue weighted by molar-refractivity contribution is 7.75. The number of hydrogen-bond donors (Lipinski definition) is 2. The van der Waals surface area contributed by atoms with Crippen LogP contribution in [0.1, 0.15) is 16.1 Å². The molecule has 1 unspecified atom stereocenters. The number of nitriles is 1. The third-order valence-electron chi connectivity index (χ3n) is 4.21. The summed E-state index contributed by atoms with van der Waals surface area (Å²) in [5.41, 5.74) is 6.83. The number of aromatic amines is 1. The minimum Gasteiger partial charge on any atom is -0.479 e. The third-order valence-corrected chi connectivity index (χ3v) is 6.95. The van der Waals surface area contributed by atoms with Gasteiger partial charge in [-0.3, -0.25) is 9.36 Å². The SMILES string of the molecule is COP(=O)(c1cc(C)cc(OCC#N)c1)c1c(C(N)=O)[nH]c2ccc(Cl)cc12. The van der Waals surface area contributed by atoms with Gasteiger partial charge in [-0.1, -0.05) is 11.6 Å². The number of nitrogens with one attached hydrogen (secondary N) is 1. The van der Waals surface area contributed by atoms with Gasteiger partial charge in [-0.2, -0.15) is 5.26 Å². The van der Waals surface area contributed by atoms with E-state index >= 15 is 0 Å². The zero-order chi connectivity index (χ0) is 20.5. The molecule has 3 aromatic rings. The van der Waals surface area contributed by atoms with Gasteiger partial charge in [-0.25, -0.2) is 0 Å². The molecule has 0 fully saturated rings. The Morgan fingerprint density at radius 1 is 1.32 bits per heavy atom. The second-order valence-electron chi connectivity index (χ2n) is 6.09. The number of carbonyl (C=O) groups excluding carboxylic acids is 1. The molecular weight excluding hydrogens is 401 g/mol. The predicted octanol–water partition coefficient (Wildman–Crippen LogP) is 3.01. The lowest BCUT2D eigenvalue weighted by Gasteiger charge is -2.19. The molecule has 7 nitrogen and oxygen atoms in total. The summed E-state index contributed by atoms with van der Waals surface area (Å²) in [6, 6.07) is 11.7. The van der Waals surface area contributed by atoms with E-state index in [1.54, 1.807) is 37.3 Å². The summed E-state index contributed by atoms with van der Waals surface area (Å²) in [7, 11) is -2.46. The molecule has 1 amide bonds. The first kappa shape index (κ1) is 20.0. The summed E-state index contributed by atoms with van der Waals surface area (Å²) >= 11 is 6.12. The number of aryl methyl sites for hydroxylation is 1. The van der Waals surface area contributed by atoms with Gasteiger partial charge < -0.3 is 20.0 Å². The van der Waals surface area contributed by atoms with Crippen molar-refractivity contribution in [2.75, 3.05) is 13.7 Å². The van der Waals surface area contributed by atoms with E-state index in [9.17, 15) is 9.36 Å². The average Bonchev–Trinajstić information content (AvgIpc) is 3.04. The maximum absolute atomic E-state index is 14.1. The van der Waals surface area contributed by atoms with Crippen LogP contribution in [0.3, 0.4) is 0 Å². The van der Waals surface area contributed by atoms with Crippen molar-refractivity contribution in [3.63, 3.8) is 0 Å². The van der Waals surface area contributed by atoms with Crippen LogP contribution >= 0.6 is 19.0 Å². The van der Waals surface area contributed by atoms with Crippen molar-refractivity contribution in [3.05, 3.63) is 52.7 Å². The molecule has 0 bridgehead atoms. The molecule has 28 heavy (non-hydrogen) atoms.